The van der Waals surface area contributed by atoms with Crippen molar-refractivity contribution < 1.29 is 13.9 Å². The molecule has 24 heavy (non-hydrogen) atoms. The molecule has 1 atom stereocenters. The molecule has 0 aromatic heterocycles. The highest BCUT2D eigenvalue weighted by Gasteiger charge is 2.14. The number of halogens is 1. The van der Waals surface area contributed by atoms with Crippen molar-refractivity contribution in [2.24, 2.45) is 5.73 Å². The van der Waals surface area contributed by atoms with E-state index in [-0.39, 0.29) is 12.4 Å². The number of amides is 1. The van der Waals surface area contributed by atoms with Crippen LogP contribution >= 0.6 is 0 Å². The lowest BCUT2D eigenvalue weighted by Gasteiger charge is -2.23. The number of primary amides is 1. The molecule has 2 rings (SSSR count). The highest BCUT2D eigenvalue weighted by molar-refractivity contribution is 5.79. The zero-order chi connectivity index (χ0) is 17.5. The SMILES string of the molecule is CC(C(N)=O)N(C)NCc1cccc(OCc2ccccc2F)c1. The van der Waals surface area contributed by atoms with Gasteiger partial charge in [-0.05, 0) is 30.7 Å². The largest absolute Gasteiger partial charge is 0.489 e. The van der Waals surface area contributed by atoms with Gasteiger partial charge in [-0.25, -0.2) is 9.40 Å². The van der Waals surface area contributed by atoms with Gasteiger partial charge in [-0.1, -0.05) is 30.3 Å². The lowest BCUT2D eigenvalue weighted by atomic mass is 10.2. The summed E-state index contributed by atoms with van der Waals surface area (Å²) in [5, 5.41) is 1.66. The molecule has 0 saturated carbocycles. The number of nitrogens with one attached hydrogen (secondary N) is 1. The number of ether oxygens (including phenoxy) is 1. The molecule has 5 nitrogen and oxygen atoms in total. The Morgan fingerprint density at radius 2 is 2.04 bits per heavy atom. The van der Waals surface area contributed by atoms with Crippen LogP contribution in [0.3, 0.4) is 0 Å². The fraction of sp³-hybridized carbons (Fsp3) is 0.278. The highest BCUT2D eigenvalue weighted by atomic mass is 19.1. The number of rotatable bonds is 8. The Morgan fingerprint density at radius 3 is 2.75 bits per heavy atom. The summed E-state index contributed by atoms with van der Waals surface area (Å²) in [6.45, 7) is 2.41. The molecule has 0 saturated heterocycles. The van der Waals surface area contributed by atoms with E-state index in [4.69, 9.17) is 10.5 Å². The maximum Gasteiger partial charge on any atom is 0.235 e. The van der Waals surface area contributed by atoms with Crippen molar-refractivity contribution in [3.8, 4) is 5.75 Å². The van der Waals surface area contributed by atoms with Crippen molar-refractivity contribution in [1.29, 1.82) is 0 Å². The molecule has 0 aliphatic heterocycles. The summed E-state index contributed by atoms with van der Waals surface area (Å²) in [6.07, 6.45) is 0. The number of benzene rings is 2. The monoisotopic (exact) mass is 331 g/mol. The van der Waals surface area contributed by atoms with Crippen LogP contribution in [0.4, 0.5) is 4.39 Å². The van der Waals surface area contributed by atoms with Crippen LogP contribution < -0.4 is 15.9 Å². The average Bonchev–Trinajstić information content (AvgIpc) is 2.58. The van der Waals surface area contributed by atoms with Gasteiger partial charge < -0.3 is 10.5 Å². The molecule has 1 amide bonds. The van der Waals surface area contributed by atoms with Gasteiger partial charge in [-0.2, -0.15) is 0 Å². The van der Waals surface area contributed by atoms with E-state index in [0.717, 1.165) is 5.56 Å². The standard InChI is InChI=1S/C18H22FN3O2/c1-13(18(20)23)22(2)21-11-14-6-5-8-16(10-14)24-12-15-7-3-4-9-17(15)19/h3-10,13,21H,11-12H2,1-2H3,(H2,20,23). The maximum absolute atomic E-state index is 13.6. The van der Waals surface area contributed by atoms with Gasteiger partial charge in [0.05, 0.1) is 6.04 Å². The Balaban J connectivity index is 1.92. The summed E-state index contributed by atoms with van der Waals surface area (Å²) in [5.41, 5.74) is 9.86. The first-order valence-corrected chi connectivity index (χ1v) is 7.68. The molecule has 2 aromatic rings. The van der Waals surface area contributed by atoms with Gasteiger partial charge in [0, 0.05) is 19.2 Å². The predicted molar refractivity (Wildman–Crippen MR) is 90.4 cm³/mol. The Hall–Kier alpha value is -2.44. The van der Waals surface area contributed by atoms with Gasteiger partial charge in [0.25, 0.3) is 0 Å². The second-order valence-electron chi connectivity index (χ2n) is 5.55. The lowest BCUT2D eigenvalue weighted by Crippen LogP contribution is -2.47. The molecule has 2 aromatic carbocycles. The second kappa shape index (κ2) is 8.42. The van der Waals surface area contributed by atoms with Gasteiger partial charge in [0.15, 0.2) is 0 Å². The first-order chi connectivity index (χ1) is 11.5. The molecule has 128 valence electrons. The number of carbonyl (C=O) groups is 1. The molecule has 0 spiro atoms. The van der Waals surface area contributed by atoms with E-state index in [0.29, 0.717) is 17.9 Å². The van der Waals surface area contributed by atoms with Crippen LogP contribution in [-0.4, -0.2) is 24.0 Å². The Kier molecular flexibility index (Phi) is 6.28. The summed E-state index contributed by atoms with van der Waals surface area (Å²) < 4.78 is 19.2. The number of nitrogens with zero attached hydrogens (tertiary/aromatic N) is 1. The van der Waals surface area contributed by atoms with Crippen molar-refractivity contribution >= 4 is 5.91 Å². The quantitative estimate of drug-likeness (QED) is 0.728. The fourth-order valence-electron chi connectivity index (χ4n) is 2.07. The Labute approximate surface area is 141 Å². The van der Waals surface area contributed by atoms with E-state index in [9.17, 15) is 9.18 Å². The minimum atomic E-state index is -0.412. The van der Waals surface area contributed by atoms with Crippen molar-refractivity contribution in [2.45, 2.75) is 26.1 Å². The normalized spacial score (nSPS) is 12.2. The number of likely N-dealkylation sites (N-methyl/N-ethyl adjacent to an activating group) is 1. The van der Waals surface area contributed by atoms with E-state index < -0.39 is 11.9 Å². The molecule has 0 aliphatic carbocycles. The van der Waals surface area contributed by atoms with Crippen LogP contribution in [0.1, 0.15) is 18.1 Å². The molecule has 0 aliphatic rings. The molecule has 0 bridgehead atoms. The molecule has 0 fully saturated rings. The van der Waals surface area contributed by atoms with Crippen molar-refractivity contribution in [1.82, 2.24) is 10.4 Å². The van der Waals surface area contributed by atoms with Gasteiger partial charge in [0.1, 0.15) is 18.2 Å². The molecular formula is C18H22FN3O2. The van der Waals surface area contributed by atoms with Crippen molar-refractivity contribution in [3.05, 3.63) is 65.5 Å². The first kappa shape index (κ1) is 17.9. The van der Waals surface area contributed by atoms with Crippen LogP contribution in [0.5, 0.6) is 5.75 Å². The van der Waals surface area contributed by atoms with E-state index in [1.807, 2.05) is 24.3 Å². The van der Waals surface area contributed by atoms with Crippen molar-refractivity contribution in [2.75, 3.05) is 7.05 Å². The third kappa shape index (κ3) is 5.04. The van der Waals surface area contributed by atoms with Crippen LogP contribution in [-0.2, 0) is 17.9 Å². The van der Waals surface area contributed by atoms with Crippen LogP contribution in [0, 0.1) is 5.82 Å². The number of nitrogens with two attached hydrogens (primary N) is 1. The van der Waals surface area contributed by atoms with Crippen molar-refractivity contribution in [3.63, 3.8) is 0 Å². The summed E-state index contributed by atoms with van der Waals surface area (Å²) in [4.78, 5) is 11.1. The molecule has 1 unspecified atom stereocenters. The first-order valence-electron chi connectivity index (χ1n) is 7.68. The number of carbonyl (C=O) groups excluding carboxylic acids is 1. The summed E-state index contributed by atoms with van der Waals surface area (Å²) >= 11 is 0. The maximum atomic E-state index is 13.6. The zero-order valence-corrected chi connectivity index (χ0v) is 13.8. The molecule has 0 radical (unpaired) electrons. The van der Waals surface area contributed by atoms with E-state index in [1.54, 1.807) is 37.2 Å². The topological polar surface area (TPSA) is 67.6 Å². The van der Waals surface area contributed by atoms with Crippen LogP contribution in [0.15, 0.2) is 48.5 Å². The molecule has 6 heteroatoms. The van der Waals surface area contributed by atoms with Gasteiger partial charge >= 0.3 is 0 Å². The number of hydrogen-bond acceptors (Lipinski definition) is 4. The zero-order valence-electron chi connectivity index (χ0n) is 13.8. The van der Waals surface area contributed by atoms with E-state index in [2.05, 4.69) is 5.43 Å². The van der Waals surface area contributed by atoms with Crippen LogP contribution in [0.2, 0.25) is 0 Å². The second-order valence-corrected chi connectivity index (χ2v) is 5.55. The fourth-order valence-corrected chi connectivity index (χ4v) is 2.07. The smallest absolute Gasteiger partial charge is 0.235 e. The minimum absolute atomic E-state index is 0.169. The van der Waals surface area contributed by atoms with Gasteiger partial charge in [-0.3, -0.25) is 10.2 Å². The lowest BCUT2D eigenvalue weighted by molar-refractivity contribution is -0.123. The average molecular weight is 331 g/mol. The summed E-state index contributed by atoms with van der Waals surface area (Å²) in [5.74, 6) is -0.0208. The van der Waals surface area contributed by atoms with Crippen LogP contribution in [0.25, 0.3) is 0 Å². The van der Waals surface area contributed by atoms with E-state index in [1.165, 1.54) is 6.07 Å². The van der Waals surface area contributed by atoms with E-state index >= 15 is 0 Å². The minimum Gasteiger partial charge on any atom is -0.489 e. The molecule has 0 heterocycles. The molecular weight excluding hydrogens is 309 g/mol. The number of hydrazine groups is 1. The van der Waals surface area contributed by atoms with Gasteiger partial charge in [-0.15, -0.1) is 0 Å². The predicted octanol–water partition coefficient (Wildman–Crippen LogP) is 2.21. The third-order valence-corrected chi connectivity index (χ3v) is 3.78. The third-order valence-electron chi connectivity index (χ3n) is 3.78. The Bertz CT molecular complexity index is 693. The summed E-state index contributed by atoms with van der Waals surface area (Å²) in [6, 6.07) is 13.6. The Morgan fingerprint density at radius 1 is 1.29 bits per heavy atom. The highest BCUT2D eigenvalue weighted by Crippen LogP contribution is 2.16. The van der Waals surface area contributed by atoms with Gasteiger partial charge in [0.2, 0.25) is 5.91 Å². The summed E-state index contributed by atoms with van der Waals surface area (Å²) in [7, 11) is 1.76. The molecule has 3 N–H and O–H groups in total. The number of hydrogen-bond donors (Lipinski definition) is 2.